The molecule has 100 valence electrons. The van der Waals surface area contributed by atoms with Crippen molar-refractivity contribution < 1.29 is 0 Å². The fraction of sp³-hybridized carbons (Fsp3) is 0.786. The molecule has 1 aliphatic heterocycles. The number of hydrogen-bond acceptors (Lipinski definition) is 4. The minimum atomic E-state index is 0.771. The monoisotopic (exact) mass is 265 g/mol. The van der Waals surface area contributed by atoms with Gasteiger partial charge in [0.2, 0.25) is 0 Å². The molecule has 3 rings (SSSR count). The molecule has 0 radical (unpaired) electrons. The van der Waals surface area contributed by atoms with E-state index in [1.807, 2.05) is 11.3 Å². The van der Waals surface area contributed by atoms with Gasteiger partial charge in [0.15, 0.2) is 5.13 Å². The number of nitrogens with zero attached hydrogens (tertiary/aromatic N) is 2. The molecule has 1 unspecified atom stereocenters. The molecule has 2 heterocycles. The summed E-state index contributed by atoms with van der Waals surface area (Å²) >= 11 is 1.81. The summed E-state index contributed by atoms with van der Waals surface area (Å²) in [6.07, 6.45) is 4.02. The first-order chi connectivity index (χ1) is 8.72. The van der Waals surface area contributed by atoms with Crippen LogP contribution in [-0.2, 0) is 6.54 Å². The van der Waals surface area contributed by atoms with Gasteiger partial charge in [-0.05, 0) is 31.1 Å². The van der Waals surface area contributed by atoms with Gasteiger partial charge < -0.3 is 10.2 Å². The largest absolute Gasteiger partial charge is 0.348 e. The summed E-state index contributed by atoms with van der Waals surface area (Å²) in [4.78, 5) is 7.24. The zero-order valence-corrected chi connectivity index (χ0v) is 12.2. The second kappa shape index (κ2) is 5.17. The summed E-state index contributed by atoms with van der Waals surface area (Å²) in [5.41, 5.74) is 1.22. The van der Waals surface area contributed by atoms with Crippen molar-refractivity contribution in [2.45, 2.75) is 45.7 Å². The molecule has 0 spiro atoms. The molecule has 1 aromatic rings. The fourth-order valence-corrected chi connectivity index (χ4v) is 3.43. The van der Waals surface area contributed by atoms with Gasteiger partial charge >= 0.3 is 0 Å². The molecule has 0 aromatic carbocycles. The Hall–Kier alpha value is -0.610. The molecule has 18 heavy (non-hydrogen) atoms. The Morgan fingerprint density at radius 2 is 2.28 bits per heavy atom. The molecule has 1 saturated heterocycles. The van der Waals surface area contributed by atoms with Gasteiger partial charge in [-0.3, -0.25) is 0 Å². The van der Waals surface area contributed by atoms with Gasteiger partial charge in [-0.25, -0.2) is 4.98 Å². The summed E-state index contributed by atoms with van der Waals surface area (Å²) in [7, 11) is 0. The van der Waals surface area contributed by atoms with Crippen LogP contribution in [-0.4, -0.2) is 24.1 Å². The van der Waals surface area contributed by atoms with Gasteiger partial charge in [0.05, 0.1) is 5.69 Å². The lowest BCUT2D eigenvalue weighted by Crippen LogP contribution is -2.21. The van der Waals surface area contributed by atoms with Gasteiger partial charge in [-0.15, -0.1) is 11.3 Å². The molecule has 2 aliphatic rings. The Morgan fingerprint density at radius 1 is 1.44 bits per heavy atom. The van der Waals surface area contributed by atoms with E-state index >= 15 is 0 Å². The maximum atomic E-state index is 4.77. The number of anilines is 1. The van der Waals surface area contributed by atoms with Crippen molar-refractivity contribution in [3.63, 3.8) is 0 Å². The van der Waals surface area contributed by atoms with Crippen LogP contribution in [0.25, 0.3) is 0 Å². The van der Waals surface area contributed by atoms with Crippen molar-refractivity contribution in [3.8, 4) is 0 Å². The van der Waals surface area contributed by atoms with Crippen LogP contribution in [0.1, 0.15) is 38.8 Å². The number of rotatable bonds is 5. The van der Waals surface area contributed by atoms with Crippen LogP contribution in [0.15, 0.2) is 5.38 Å². The van der Waals surface area contributed by atoms with E-state index in [1.165, 1.54) is 43.2 Å². The third kappa shape index (κ3) is 2.86. The summed E-state index contributed by atoms with van der Waals surface area (Å²) in [5, 5.41) is 6.97. The van der Waals surface area contributed by atoms with Gasteiger partial charge in [0.1, 0.15) is 0 Å². The van der Waals surface area contributed by atoms with E-state index in [4.69, 9.17) is 4.98 Å². The molecular weight excluding hydrogens is 242 g/mol. The van der Waals surface area contributed by atoms with E-state index in [0.29, 0.717) is 0 Å². The maximum absolute atomic E-state index is 4.77. The van der Waals surface area contributed by atoms with E-state index < -0.39 is 0 Å². The third-order valence-corrected chi connectivity index (χ3v) is 5.08. The molecule has 3 nitrogen and oxygen atoms in total. The summed E-state index contributed by atoms with van der Waals surface area (Å²) in [6.45, 7) is 8.00. The van der Waals surface area contributed by atoms with Crippen molar-refractivity contribution >= 4 is 16.5 Å². The van der Waals surface area contributed by atoms with Crippen LogP contribution in [0.3, 0.4) is 0 Å². The molecule has 1 atom stereocenters. The molecule has 1 aliphatic carbocycles. The zero-order valence-electron chi connectivity index (χ0n) is 11.4. The van der Waals surface area contributed by atoms with Crippen molar-refractivity contribution in [1.29, 1.82) is 0 Å². The number of hydrogen-bond donors (Lipinski definition) is 1. The summed E-state index contributed by atoms with van der Waals surface area (Å²) in [5.74, 6) is 1.65. The molecule has 4 heteroatoms. The van der Waals surface area contributed by atoms with Gasteiger partial charge in [-0.2, -0.15) is 0 Å². The van der Waals surface area contributed by atoms with Crippen LogP contribution in [0, 0.1) is 11.8 Å². The highest BCUT2D eigenvalue weighted by molar-refractivity contribution is 7.13. The first kappa shape index (κ1) is 12.4. The topological polar surface area (TPSA) is 28.2 Å². The second-order valence-corrected chi connectivity index (χ2v) is 6.85. The Bertz CT molecular complexity index is 397. The van der Waals surface area contributed by atoms with E-state index in [-0.39, 0.29) is 0 Å². The second-order valence-electron chi connectivity index (χ2n) is 6.02. The van der Waals surface area contributed by atoms with E-state index in [1.54, 1.807) is 0 Å². The lowest BCUT2D eigenvalue weighted by atomic mass is 9.95. The minimum Gasteiger partial charge on any atom is -0.348 e. The summed E-state index contributed by atoms with van der Waals surface area (Å²) in [6, 6.07) is 0.771. The minimum absolute atomic E-state index is 0.771. The van der Waals surface area contributed by atoms with Gasteiger partial charge in [0, 0.05) is 31.1 Å². The highest BCUT2D eigenvalue weighted by Gasteiger charge is 2.26. The number of aromatic nitrogens is 1. The predicted molar refractivity (Wildman–Crippen MR) is 77.1 cm³/mol. The van der Waals surface area contributed by atoms with Crippen molar-refractivity contribution in [2.24, 2.45) is 11.8 Å². The van der Waals surface area contributed by atoms with E-state index in [2.05, 4.69) is 29.4 Å². The maximum Gasteiger partial charge on any atom is 0.185 e. The Balaban J connectivity index is 1.55. The molecule has 1 N–H and O–H groups in total. The molecule has 2 fully saturated rings. The fourth-order valence-electron chi connectivity index (χ4n) is 2.56. The Labute approximate surface area is 114 Å². The number of nitrogens with one attached hydrogen (secondary N) is 1. The van der Waals surface area contributed by atoms with Crippen LogP contribution in [0.4, 0.5) is 5.13 Å². The van der Waals surface area contributed by atoms with Gasteiger partial charge in [-0.1, -0.05) is 13.8 Å². The van der Waals surface area contributed by atoms with Crippen molar-refractivity contribution in [1.82, 2.24) is 10.3 Å². The average Bonchev–Trinajstić information content (AvgIpc) is 2.88. The van der Waals surface area contributed by atoms with Crippen molar-refractivity contribution in [2.75, 3.05) is 18.0 Å². The van der Waals surface area contributed by atoms with Crippen LogP contribution >= 0.6 is 11.3 Å². The zero-order chi connectivity index (χ0) is 12.5. The predicted octanol–water partition coefficient (Wildman–Crippen LogP) is 2.88. The number of thiazole rings is 1. The Morgan fingerprint density at radius 3 is 2.94 bits per heavy atom. The van der Waals surface area contributed by atoms with E-state index in [0.717, 1.165) is 24.4 Å². The lowest BCUT2D eigenvalue weighted by molar-refractivity contribution is 0.422. The first-order valence-electron chi connectivity index (χ1n) is 7.15. The van der Waals surface area contributed by atoms with Crippen LogP contribution in [0.5, 0.6) is 0 Å². The first-order valence-corrected chi connectivity index (χ1v) is 8.03. The van der Waals surface area contributed by atoms with Crippen LogP contribution in [0.2, 0.25) is 0 Å². The lowest BCUT2D eigenvalue weighted by Gasteiger charge is -2.16. The molecule has 1 saturated carbocycles. The molecular formula is C14H23N3S. The SMILES string of the molecule is CC(C)C1CCN(c2nc(CNC3CC3)cs2)C1. The summed E-state index contributed by atoms with van der Waals surface area (Å²) < 4.78 is 0. The molecule has 0 bridgehead atoms. The Kier molecular flexibility index (Phi) is 3.57. The third-order valence-electron chi connectivity index (χ3n) is 4.13. The quantitative estimate of drug-likeness (QED) is 0.887. The average molecular weight is 265 g/mol. The van der Waals surface area contributed by atoms with Crippen molar-refractivity contribution in [3.05, 3.63) is 11.1 Å². The normalized spacial score (nSPS) is 24.2. The van der Waals surface area contributed by atoms with Gasteiger partial charge in [0.25, 0.3) is 0 Å². The molecule has 0 amide bonds. The van der Waals surface area contributed by atoms with E-state index in [9.17, 15) is 0 Å². The molecule has 1 aromatic heterocycles. The highest BCUT2D eigenvalue weighted by atomic mass is 32.1. The smallest absolute Gasteiger partial charge is 0.185 e. The highest BCUT2D eigenvalue weighted by Crippen LogP contribution is 2.30. The van der Waals surface area contributed by atoms with Crippen LogP contribution < -0.4 is 10.2 Å². The standard InChI is InChI=1S/C14H23N3S/c1-10(2)11-5-6-17(8-11)14-16-13(9-18-14)7-15-12-3-4-12/h9-12,15H,3-8H2,1-2H3.